The molecule has 0 atom stereocenters. The maximum atomic E-state index is 13.2. The molecule has 0 spiro atoms. The quantitative estimate of drug-likeness (QED) is 0.689. The van der Waals surface area contributed by atoms with E-state index in [9.17, 15) is 19.3 Å². The van der Waals surface area contributed by atoms with E-state index < -0.39 is 16.6 Å². The molecule has 0 bridgehead atoms. The van der Waals surface area contributed by atoms with Crippen molar-refractivity contribution in [1.29, 1.82) is 0 Å². The summed E-state index contributed by atoms with van der Waals surface area (Å²) in [5.41, 5.74) is 0.590. The highest BCUT2D eigenvalue weighted by molar-refractivity contribution is 6.06. The van der Waals surface area contributed by atoms with Gasteiger partial charge in [-0.3, -0.25) is 14.9 Å². The number of anilines is 1. The number of nitrogens with zero attached hydrogens (tertiary/aromatic N) is 1. The molecule has 0 unspecified atom stereocenters. The topological polar surface area (TPSA) is 72.2 Å². The highest BCUT2D eigenvalue weighted by Gasteiger charge is 2.18. The number of aryl methyl sites for hydroxylation is 1. The second-order valence-electron chi connectivity index (χ2n) is 4.19. The number of hydrogen-bond acceptors (Lipinski definition) is 3. The Hall–Kier alpha value is -2.76. The predicted molar refractivity (Wildman–Crippen MR) is 72.2 cm³/mol. The molecule has 0 aliphatic carbocycles. The van der Waals surface area contributed by atoms with Gasteiger partial charge in [0.15, 0.2) is 0 Å². The molecule has 5 nitrogen and oxygen atoms in total. The lowest BCUT2D eigenvalue weighted by molar-refractivity contribution is -0.384. The third kappa shape index (κ3) is 2.80. The molecule has 0 aromatic heterocycles. The summed E-state index contributed by atoms with van der Waals surface area (Å²) in [7, 11) is 0. The van der Waals surface area contributed by atoms with E-state index in [0.717, 1.165) is 23.8 Å². The molecular formula is C14H11FN2O3. The van der Waals surface area contributed by atoms with E-state index in [0.29, 0.717) is 5.56 Å². The highest BCUT2D eigenvalue weighted by atomic mass is 19.1. The molecule has 0 fully saturated rings. The normalized spacial score (nSPS) is 10.1. The molecule has 1 N–H and O–H groups in total. The number of halogens is 1. The monoisotopic (exact) mass is 274 g/mol. The smallest absolute Gasteiger partial charge is 0.292 e. The van der Waals surface area contributed by atoms with Gasteiger partial charge in [0.2, 0.25) is 0 Å². The van der Waals surface area contributed by atoms with Crippen molar-refractivity contribution in [1.82, 2.24) is 0 Å². The van der Waals surface area contributed by atoms with E-state index in [4.69, 9.17) is 0 Å². The lowest BCUT2D eigenvalue weighted by Gasteiger charge is -2.08. The van der Waals surface area contributed by atoms with Gasteiger partial charge in [-0.25, -0.2) is 4.39 Å². The molecule has 0 radical (unpaired) electrons. The Morgan fingerprint density at radius 2 is 1.95 bits per heavy atom. The second kappa shape index (κ2) is 5.48. The highest BCUT2D eigenvalue weighted by Crippen LogP contribution is 2.25. The van der Waals surface area contributed by atoms with Crippen LogP contribution in [0.3, 0.4) is 0 Å². The van der Waals surface area contributed by atoms with Crippen LogP contribution >= 0.6 is 0 Å². The van der Waals surface area contributed by atoms with Crippen molar-refractivity contribution in [3.8, 4) is 0 Å². The number of nitro benzene ring substituents is 1. The van der Waals surface area contributed by atoms with Crippen LogP contribution in [0, 0.1) is 22.9 Å². The Balaban J connectivity index is 2.35. The number of carbonyl (C=O) groups is 1. The lowest BCUT2D eigenvalue weighted by atomic mass is 10.1. The Bertz CT molecular complexity index is 686. The fraction of sp³-hybridized carbons (Fsp3) is 0.0714. The van der Waals surface area contributed by atoms with Crippen molar-refractivity contribution < 1.29 is 14.1 Å². The van der Waals surface area contributed by atoms with Gasteiger partial charge < -0.3 is 5.32 Å². The maximum absolute atomic E-state index is 13.2. The van der Waals surface area contributed by atoms with Crippen LogP contribution in [0.25, 0.3) is 0 Å². The average Bonchev–Trinajstić information content (AvgIpc) is 2.38. The van der Waals surface area contributed by atoms with E-state index in [1.165, 1.54) is 0 Å². The molecule has 2 aromatic rings. The fourth-order valence-corrected chi connectivity index (χ4v) is 1.78. The summed E-state index contributed by atoms with van der Waals surface area (Å²) in [6, 6.07) is 9.71. The van der Waals surface area contributed by atoms with Gasteiger partial charge in [0.1, 0.15) is 11.5 Å². The summed E-state index contributed by atoms with van der Waals surface area (Å²) in [6.07, 6.45) is 0. The van der Waals surface area contributed by atoms with Gasteiger partial charge in [0.25, 0.3) is 11.6 Å². The third-order valence-corrected chi connectivity index (χ3v) is 2.79. The number of benzene rings is 2. The summed E-state index contributed by atoms with van der Waals surface area (Å²) < 4.78 is 13.2. The van der Waals surface area contributed by atoms with Crippen LogP contribution in [0.4, 0.5) is 15.8 Å². The molecule has 1 amide bonds. The van der Waals surface area contributed by atoms with Crippen molar-refractivity contribution in [3.05, 3.63) is 69.5 Å². The molecule has 102 valence electrons. The van der Waals surface area contributed by atoms with Crippen LogP contribution in [0.5, 0.6) is 0 Å². The Morgan fingerprint density at radius 1 is 1.25 bits per heavy atom. The number of hydrogen-bond donors (Lipinski definition) is 1. The summed E-state index contributed by atoms with van der Waals surface area (Å²) in [6.45, 7) is 1.74. The maximum Gasteiger partial charge on any atom is 0.292 e. The molecule has 0 aliphatic rings. The van der Waals surface area contributed by atoms with Crippen LogP contribution in [0.2, 0.25) is 0 Å². The number of nitrogens with one attached hydrogen (secondary N) is 1. The van der Waals surface area contributed by atoms with Gasteiger partial charge in [0, 0.05) is 17.7 Å². The number of nitro groups is 1. The zero-order valence-corrected chi connectivity index (χ0v) is 10.6. The third-order valence-electron chi connectivity index (χ3n) is 2.79. The molecular weight excluding hydrogens is 263 g/mol. The van der Waals surface area contributed by atoms with Gasteiger partial charge in [-0.2, -0.15) is 0 Å². The molecule has 0 saturated carbocycles. The summed E-state index contributed by atoms with van der Waals surface area (Å²) in [5.74, 6) is -1.17. The van der Waals surface area contributed by atoms with Crippen molar-refractivity contribution >= 4 is 17.3 Å². The Kier molecular flexibility index (Phi) is 3.74. The molecule has 6 heteroatoms. The second-order valence-corrected chi connectivity index (χ2v) is 4.19. The summed E-state index contributed by atoms with van der Waals surface area (Å²) >= 11 is 0. The average molecular weight is 274 g/mol. The lowest BCUT2D eigenvalue weighted by Crippen LogP contribution is -2.14. The number of rotatable bonds is 3. The van der Waals surface area contributed by atoms with E-state index in [1.54, 1.807) is 31.2 Å². The van der Waals surface area contributed by atoms with Crippen LogP contribution in [0.1, 0.15) is 15.9 Å². The van der Waals surface area contributed by atoms with E-state index in [2.05, 4.69) is 5.32 Å². The van der Waals surface area contributed by atoms with E-state index in [1.807, 2.05) is 0 Å². The standard InChI is InChI=1S/C14H11FN2O3/c1-9-4-2-3-5-11(9)14(18)16-12-8-10(15)6-7-13(12)17(19)20/h2-8H,1H3,(H,16,18). The molecule has 20 heavy (non-hydrogen) atoms. The van der Waals surface area contributed by atoms with Crippen LogP contribution in [-0.4, -0.2) is 10.8 Å². The SMILES string of the molecule is Cc1ccccc1C(=O)Nc1cc(F)ccc1[N+](=O)[O-]. The van der Waals surface area contributed by atoms with Gasteiger partial charge in [-0.1, -0.05) is 18.2 Å². The van der Waals surface area contributed by atoms with E-state index >= 15 is 0 Å². The minimum Gasteiger partial charge on any atom is -0.316 e. The Labute approximate surface area is 114 Å². The predicted octanol–water partition coefficient (Wildman–Crippen LogP) is 3.29. The summed E-state index contributed by atoms with van der Waals surface area (Å²) in [4.78, 5) is 22.2. The number of carbonyl (C=O) groups excluding carboxylic acids is 1. The molecule has 0 heterocycles. The largest absolute Gasteiger partial charge is 0.316 e. The number of amides is 1. The zero-order valence-electron chi connectivity index (χ0n) is 10.6. The minimum atomic E-state index is -0.674. The van der Waals surface area contributed by atoms with Crippen molar-refractivity contribution in [2.45, 2.75) is 6.92 Å². The molecule has 0 saturated heterocycles. The van der Waals surface area contributed by atoms with Crippen molar-refractivity contribution in [2.24, 2.45) is 0 Å². The van der Waals surface area contributed by atoms with Gasteiger partial charge >= 0.3 is 0 Å². The van der Waals surface area contributed by atoms with Crippen LogP contribution in [0.15, 0.2) is 42.5 Å². The zero-order chi connectivity index (χ0) is 14.7. The Morgan fingerprint density at radius 3 is 2.60 bits per heavy atom. The van der Waals surface area contributed by atoms with Crippen molar-refractivity contribution in [3.63, 3.8) is 0 Å². The molecule has 0 aliphatic heterocycles. The first-order valence-corrected chi connectivity index (χ1v) is 5.80. The first-order chi connectivity index (χ1) is 9.49. The fourth-order valence-electron chi connectivity index (χ4n) is 1.78. The summed E-state index contributed by atoms with van der Waals surface area (Å²) in [5, 5.41) is 13.2. The first-order valence-electron chi connectivity index (χ1n) is 5.80. The molecule has 2 aromatic carbocycles. The van der Waals surface area contributed by atoms with Gasteiger partial charge in [-0.05, 0) is 24.6 Å². The van der Waals surface area contributed by atoms with Gasteiger partial charge in [0.05, 0.1) is 4.92 Å². The molecule has 2 rings (SSSR count). The van der Waals surface area contributed by atoms with Crippen molar-refractivity contribution in [2.75, 3.05) is 5.32 Å². The minimum absolute atomic E-state index is 0.164. The van der Waals surface area contributed by atoms with Crippen LogP contribution in [-0.2, 0) is 0 Å². The van der Waals surface area contributed by atoms with Gasteiger partial charge in [-0.15, -0.1) is 0 Å². The first kappa shape index (κ1) is 13.7. The van der Waals surface area contributed by atoms with E-state index in [-0.39, 0.29) is 11.4 Å². The van der Waals surface area contributed by atoms with Crippen LogP contribution < -0.4 is 5.32 Å².